The van der Waals surface area contributed by atoms with Crippen LogP contribution in [-0.4, -0.2) is 18.4 Å². The van der Waals surface area contributed by atoms with E-state index in [1.165, 1.54) is 18.3 Å². The highest BCUT2D eigenvalue weighted by molar-refractivity contribution is 7.17. The summed E-state index contributed by atoms with van der Waals surface area (Å²) in [6.07, 6.45) is 0. The van der Waals surface area contributed by atoms with E-state index >= 15 is 0 Å². The van der Waals surface area contributed by atoms with Crippen LogP contribution in [0.5, 0.6) is 5.75 Å². The molecule has 2 aromatic rings. The number of ether oxygens (including phenoxy) is 2. The van der Waals surface area contributed by atoms with E-state index in [0.717, 1.165) is 21.8 Å². The maximum absolute atomic E-state index is 12.2. The highest BCUT2D eigenvalue weighted by Gasteiger charge is 2.23. The number of carbonyl (C=O) groups excluding carboxylic acids is 2. The van der Waals surface area contributed by atoms with Gasteiger partial charge in [-0.25, -0.2) is 4.79 Å². The molecule has 0 spiro atoms. The van der Waals surface area contributed by atoms with E-state index < -0.39 is 18.4 Å². The number of allylic oxidation sites excluding steroid dienone is 1. The van der Waals surface area contributed by atoms with E-state index in [0.29, 0.717) is 11.5 Å². The first kappa shape index (κ1) is 16.7. The van der Waals surface area contributed by atoms with Crippen LogP contribution in [0.25, 0.3) is 10.4 Å². The summed E-state index contributed by atoms with van der Waals surface area (Å²) in [5, 5.41) is 8.89. The van der Waals surface area contributed by atoms with Crippen molar-refractivity contribution < 1.29 is 19.1 Å². The van der Waals surface area contributed by atoms with E-state index in [2.05, 4.69) is 0 Å². The zero-order valence-corrected chi connectivity index (χ0v) is 14.2. The van der Waals surface area contributed by atoms with Gasteiger partial charge in [0.15, 0.2) is 6.61 Å². The summed E-state index contributed by atoms with van der Waals surface area (Å²) in [6.45, 7) is 1.30. The smallest absolute Gasteiger partial charge is 0.348 e. The number of carbonyl (C=O) groups is 2. The molecular weight excluding hydrogens is 340 g/mol. The number of fused-ring (bicyclic) bond motifs is 3. The van der Waals surface area contributed by atoms with Crippen molar-refractivity contribution in [1.29, 1.82) is 5.26 Å². The Kier molecular flexibility index (Phi) is 4.55. The summed E-state index contributed by atoms with van der Waals surface area (Å²) in [4.78, 5) is 25.4. The normalized spacial score (nSPS) is 12.8. The lowest BCUT2D eigenvalue weighted by atomic mass is 10.1. The number of Topliss-reactive ketones (excluding diaryl/α,β-unsaturated/α-hetero) is 1. The Morgan fingerprint density at radius 1 is 1.40 bits per heavy atom. The van der Waals surface area contributed by atoms with Gasteiger partial charge in [-0.2, -0.15) is 5.26 Å². The maximum atomic E-state index is 12.2. The van der Waals surface area contributed by atoms with Crippen LogP contribution in [0.15, 0.2) is 41.6 Å². The first-order chi connectivity index (χ1) is 12.0. The summed E-state index contributed by atoms with van der Waals surface area (Å²) < 4.78 is 10.7. The number of thiophene rings is 1. The Morgan fingerprint density at radius 3 is 2.88 bits per heavy atom. The Bertz CT molecular complexity index is 933. The number of nitriles is 1. The first-order valence-electron chi connectivity index (χ1n) is 7.43. The van der Waals surface area contributed by atoms with Gasteiger partial charge in [-0.1, -0.05) is 12.1 Å². The number of rotatable bonds is 4. The molecule has 0 amide bonds. The van der Waals surface area contributed by atoms with Crippen LogP contribution in [0.2, 0.25) is 0 Å². The third-order valence-electron chi connectivity index (χ3n) is 3.64. The SMILES string of the molecule is C/C(N)=C(\C#N)C(=O)COC(=O)c1cc2c(s1)-c1ccccc1OC2. The predicted molar refractivity (Wildman–Crippen MR) is 91.9 cm³/mol. The topological polar surface area (TPSA) is 102 Å². The highest BCUT2D eigenvalue weighted by atomic mass is 32.1. The van der Waals surface area contributed by atoms with Crippen LogP contribution < -0.4 is 10.5 Å². The van der Waals surface area contributed by atoms with Crippen molar-refractivity contribution in [3.8, 4) is 22.3 Å². The van der Waals surface area contributed by atoms with Crippen LogP contribution >= 0.6 is 11.3 Å². The molecule has 2 N–H and O–H groups in total. The molecule has 0 unspecified atom stereocenters. The molecule has 25 heavy (non-hydrogen) atoms. The number of hydrogen-bond donors (Lipinski definition) is 1. The van der Waals surface area contributed by atoms with Crippen molar-refractivity contribution in [2.24, 2.45) is 5.73 Å². The minimum absolute atomic E-state index is 0.101. The second-order valence-corrected chi connectivity index (χ2v) is 6.47. The number of para-hydroxylation sites is 1. The molecule has 126 valence electrons. The Morgan fingerprint density at radius 2 is 2.16 bits per heavy atom. The molecule has 0 atom stereocenters. The van der Waals surface area contributed by atoms with Crippen molar-refractivity contribution in [3.63, 3.8) is 0 Å². The summed E-state index contributed by atoms with van der Waals surface area (Å²) in [5.74, 6) is -0.461. The quantitative estimate of drug-likeness (QED) is 0.514. The van der Waals surface area contributed by atoms with Gasteiger partial charge in [0.05, 0.1) is 0 Å². The molecule has 0 bridgehead atoms. The molecule has 0 fully saturated rings. The summed E-state index contributed by atoms with van der Waals surface area (Å²) in [7, 11) is 0. The lowest BCUT2D eigenvalue weighted by Gasteiger charge is -2.16. The van der Waals surface area contributed by atoms with Crippen LogP contribution in [-0.2, 0) is 16.1 Å². The minimum Gasteiger partial charge on any atom is -0.488 e. The second-order valence-electron chi connectivity index (χ2n) is 5.42. The molecule has 0 radical (unpaired) electrons. The van der Waals surface area contributed by atoms with Gasteiger partial charge < -0.3 is 15.2 Å². The fourth-order valence-corrected chi connectivity index (χ4v) is 3.54. The van der Waals surface area contributed by atoms with Gasteiger partial charge in [-0.05, 0) is 25.1 Å². The van der Waals surface area contributed by atoms with Crippen molar-refractivity contribution in [2.45, 2.75) is 13.5 Å². The molecule has 0 aliphatic carbocycles. The lowest BCUT2D eigenvalue weighted by molar-refractivity contribution is -0.118. The average molecular weight is 354 g/mol. The molecule has 1 aliphatic heterocycles. The van der Waals surface area contributed by atoms with Gasteiger partial charge >= 0.3 is 5.97 Å². The average Bonchev–Trinajstić information content (AvgIpc) is 3.04. The number of hydrogen-bond acceptors (Lipinski definition) is 7. The third kappa shape index (κ3) is 3.25. The lowest BCUT2D eigenvalue weighted by Crippen LogP contribution is -2.17. The zero-order chi connectivity index (χ0) is 18.0. The number of nitrogens with two attached hydrogens (primary N) is 1. The fourth-order valence-electron chi connectivity index (χ4n) is 2.44. The molecule has 0 saturated heterocycles. The number of benzene rings is 1. The first-order valence-corrected chi connectivity index (χ1v) is 8.24. The molecule has 3 rings (SSSR count). The number of esters is 1. The van der Waals surface area contributed by atoms with Gasteiger partial charge in [-0.15, -0.1) is 11.3 Å². The van der Waals surface area contributed by atoms with Gasteiger partial charge in [-0.3, -0.25) is 4.79 Å². The Hall–Kier alpha value is -3.11. The van der Waals surface area contributed by atoms with Gasteiger partial charge in [0.25, 0.3) is 0 Å². The van der Waals surface area contributed by atoms with Crippen LogP contribution in [0.1, 0.15) is 22.2 Å². The summed E-state index contributed by atoms with van der Waals surface area (Å²) >= 11 is 1.29. The van der Waals surface area contributed by atoms with Crippen molar-refractivity contribution in [2.75, 3.05) is 6.61 Å². The third-order valence-corrected chi connectivity index (χ3v) is 4.84. The molecule has 2 heterocycles. The Labute approximate surface area is 148 Å². The van der Waals surface area contributed by atoms with Gasteiger partial charge in [0, 0.05) is 21.7 Å². The van der Waals surface area contributed by atoms with Crippen molar-refractivity contribution >= 4 is 23.1 Å². The zero-order valence-electron chi connectivity index (χ0n) is 13.4. The fraction of sp³-hybridized carbons (Fsp3) is 0.167. The standard InChI is InChI=1S/C18H14N2O4S/c1-10(20)13(7-19)14(21)9-24-18(22)16-6-11-8-23-15-5-3-2-4-12(15)17(11)25-16/h2-6H,8-9,20H2,1H3/b13-10-. The monoisotopic (exact) mass is 354 g/mol. The van der Waals surface area contributed by atoms with Crippen molar-refractivity contribution in [1.82, 2.24) is 0 Å². The molecule has 1 aliphatic rings. The van der Waals surface area contributed by atoms with E-state index in [1.54, 1.807) is 12.1 Å². The van der Waals surface area contributed by atoms with E-state index in [4.69, 9.17) is 20.5 Å². The van der Waals surface area contributed by atoms with Crippen LogP contribution in [0.3, 0.4) is 0 Å². The minimum atomic E-state index is -0.620. The van der Waals surface area contributed by atoms with Crippen LogP contribution in [0.4, 0.5) is 0 Å². The molecular formula is C18H14N2O4S. The molecule has 1 aromatic carbocycles. The predicted octanol–water partition coefficient (Wildman–Crippen LogP) is 2.79. The summed E-state index contributed by atoms with van der Waals surface area (Å²) in [5.41, 5.74) is 7.20. The molecule has 1 aromatic heterocycles. The second kappa shape index (κ2) is 6.79. The largest absolute Gasteiger partial charge is 0.488 e. The van der Waals surface area contributed by atoms with Gasteiger partial charge in [0.2, 0.25) is 5.78 Å². The van der Waals surface area contributed by atoms with E-state index in [9.17, 15) is 9.59 Å². The van der Waals surface area contributed by atoms with E-state index in [1.807, 2.05) is 24.3 Å². The molecule has 0 saturated carbocycles. The Balaban J connectivity index is 1.76. The van der Waals surface area contributed by atoms with Crippen molar-refractivity contribution in [3.05, 3.63) is 52.0 Å². The molecule has 6 nitrogen and oxygen atoms in total. The summed E-state index contributed by atoms with van der Waals surface area (Å²) in [6, 6.07) is 11.0. The molecule has 7 heteroatoms. The number of nitrogens with zero attached hydrogens (tertiary/aromatic N) is 1. The number of ketones is 1. The maximum Gasteiger partial charge on any atom is 0.348 e. The highest BCUT2D eigenvalue weighted by Crippen LogP contribution is 2.42. The van der Waals surface area contributed by atoms with Crippen LogP contribution in [0, 0.1) is 11.3 Å². The van der Waals surface area contributed by atoms with Gasteiger partial charge in [0.1, 0.15) is 28.9 Å². The van der Waals surface area contributed by atoms with E-state index in [-0.39, 0.29) is 11.3 Å².